The summed E-state index contributed by atoms with van der Waals surface area (Å²) in [7, 11) is 1.50. The number of ether oxygens (including phenoxy) is 1. The highest BCUT2D eigenvalue weighted by Gasteiger charge is 2.08. The van der Waals surface area contributed by atoms with Crippen LogP contribution in [0.2, 0.25) is 0 Å². The number of aromatic carboxylic acids is 1. The minimum absolute atomic E-state index is 0.0876. The van der Waals surface area contributed by atoms with E-state index in [4.69, 9.17) is 9.84 Å². The van der Waals surface area contributed by atoms with Crippen molar-refractivity contribution in [3.05, 3.63) is 36.4 Å². The van der Waals surface area contributed by atoms with Crippen LogP contribution in [0.1, 0.15) is 10.5 Å². The van der Waals surface area contributed by atoms with E-state index in [1.807, 2.05) is 0 Å². The first-order valence-electron chi connectivity index (χ1n) is 5.02. The molecule has 0 aromatic carbocycles. The van der Waals surface area contributed by atoms with Crippen LogP contribution in [0.4, 0.5) is 11.5 Å². The Hall–Kier alpha value is -2.70. The van der Waals surface area contributed by atoms with Crippen LogP contribution in [-0.4, -0.2) is 33.1 Å². The molecule has 7 nitrogen and oxygen atoms in total. The molecule has 7 heteroatoms. The van der Waals surface area contributed by atoms with Crippen LogP contribution < -0.4 is 10.1 Å². The van der Waals surface area contributed by atoms with Gasteiger partial charge in [-0.2, -0.15) is 0 Å². The molecule has 0 aliphatic rings. The molecule has 0 aliphatic heterocycles. The van der Waals surface area contributed by atoms with Gasteiger partial charge >= 0.3 is 5.97 Å². The van der Waals surface area contributed by atoms with Crippen LogP contribution in [0, 0.1) is 0 Å². The Balaban J connectivity index is 2.28. The molecule has 0 radical (unpaired) electrons. The van der Waals surface area contributed by atoms with Crippen molar-refractivity contribution in [2.45, 2.75) is 0 Å². The lowest BCUT2D eigenvalue weighted by molar-refractivity contribution is 0.0690. The van der Waals surface area contributed by atoms with Crippen molar-refractivity contribution in [2.24, 2.45) is 0 Å². The quantitative estimate of drug-likeness (QED) is 0.839. The summed E-state index contributed by atoms with van der Waals surface area (Å²) >= 11 is 0. The first-order chi connectivity index (χ1) is 8.70. The maximum absolute atomic E-state index is 10.8. The summed E-state index contributed by atoms with van der Waals surface area (Å²) in [4.78, 5) is 22.3. The number of aromatic nitrogens is 3. The summed E-state index contributed by atoms with van der Waals surface area (Å²) in [5.41, 5.74) is 0.505. The van der Waals surface area contributed by atoms with Gasteiger partial charge in [-0.3, -0.25) is 0 Å². The van der Waals surface area contributed by atoms with E-state index < -0.39 is 5.97 Å². The van der Waals surface area contributed by atoms with Crippen LogP contribution in [-0.2, 0) is 0 Å². The standard InChI is InChI=1S/C11H10N4O3/c1-18-10-7(3-2-4-12-10)15-9-5-8(11(16)17)13-6-14-9/h2-6H,1H3,(H,16,17)(H,13,14,15). The Morgan fingerprint density at radius 3 is 2.94 bits per heavy atom. The number of methoxy groups -OCH3 is 1. The van der Waals surface area contributed by atoms with Gasteiger partial charge in [-0.25, -0.2) is 19.7 Å². The topological polar surface area (TPSA) is 97.2 Å². The van der Waals surface area contributed by atoms with Crippen LogP contribution in [0.3, 0.4) is 0 Å². The summed E-state index contributed by atoms with van der Waals surface area (Å²) in [6, 6.07) is 4.80. The van der Waals surface area contributed by atoms with E-state index in [0.29, 0.717) is 17.4 Å². The molecular weight excluding hydrogens is 236 g/mol. The Bertz CT molecular complexity index is 574. The first-order valence-corrected chi connectivity index (χ1v) is 5.02. The lowest BCUT2D eigenvalue weighted by atomic mass is 10.3. The molecular formula is C11H10N4O3. The maximum atomic E-state index is 10.8. The van der Waals surface area contributed by atoms with Crippen molar-refractivity contribution < 1.29 is 14.6 Å². The van der Waals surface area contributed by atoms with Gasteiger partial charge in [-0.1, -0.05) is 0 Å². The fraction of sp³-hybridized carbons (Fsp3) is 0.0909. The van der Waals surface area contributed by atoms with Crippen LogP contribution in [0.5, 0.6) is 5.88 Å². The van der Waals surface area contributed by atoms with Crippen molar-refractivity contribution in [3.63, 3.8) is 0 Å². The number of rotatable bonds is 4. The molecule has 2 aromatic rings. The predicted molar refractivity (Wildman–Crippen MR) is 63.1 cm³/mol. The molecule has 92 valence electrons. The summed E-state index contributed by atoms with van der Waals surface area (Å²) in [6.07, 6.45) is 2.77. The average molecular weight is 246 g/mol. The molecule has 0 saturated heterocycles. The normalized spacial score (nSPS) is 9.83. The zero-order valence-corrected chi connectivity index (χ0v) is 9.49. The Morgan fingerprint density at radius 1 is 1.39 bits per heavy atom. The highest BCUT2D eigenvalue weighted by Crippen LogP contribution is 2.23. The number of hydrogen-bond acceptors (Lipinski definition) is 6. The highest BCUT2D eigenvalue weighted by molar-refractivity contribution is 5.86. The summed E-state index contributed by atoms with van der Waals surface area (Å²) in [6.45, 7) is 0. The van der Waals surface area contributed by atoms with E-state index >= 15 is 0 Å². The molecule has 18 heavy (non-hydrogen) atoms. The van der Waals surface area contributed by atoms with Gasteiger partial charge < -0.3 is 15.2 Å². The third kappa shape index (κ3) is 2.51. The highest BCUT2D eigenvalue weighted by atomic mass is 16.5. The molecule has 0 unspecified atom stereocenters. The van der Waals surface area contributed by atoms with Crippen molar-refractivity contribution in [2.75, 3.05) is 12.4 Å². The number of carboxylic acid groups (broad SMARTS) is 1. The SMILES string of the molecule is COc1ncccc1Nc1cc(C(=O)O)ncn1. The molecule has 0 saturated carbocycles. The van der Waals surface area contributed by atoms with Gasteiger partial charge in [0.05, 0.1) is 7.11 Å². The molecule has 0 bridgehead atoms. The number of nitrogens with zero attached hydrogens (tertiary/aromatic N) is 3. The van der Waals surface area contributed by atoms with Crippen molar-refractivity contribution in [3.8, 4) is 5.88 Å². The second-order valence-electron chi connectivity index (χ2n) is 3.28. The number of pyridine rings is 1. The van der Waals surface area contributed by atoms with Crippen molar-refractivity contribution in [1.82, 2.24) is 15.0 Å². The fourth-order valence-corrected chi connectivity index (χ4v) is 1.33. The molecule has 0 aliphatic carbocycles. The summed E-state index contributed by atoms with van der Waals surface area (Å²) in [5, 5.41) is 11.7. The smallest absolute Gasteiger partial charge is 0.354 e. The van der Waals surface area contributed by atoms with Gasteiger partial charge in [0.15, 0.2) is 5.69 Å². The molecule has 2 heterocycles. The second kappa shape index (κ2) is 5.09. The Morgan fingerprint density at radius 2 is 2.22 bits per heavy atom. The maximum Gasteiger partial charge on any atom is 0.354 e. The van der Waals surface area contributed by atoms with E-state index in [1.165, 1.54) is 19.5 Å². The average Bonchev–Trinajstić information content (AvgIpc) is 2.39. The van der Waals surface area contributed by atoms with E-state index in [1.54, 1.807) is 18.3 Å². The predicted octanol–water partition coefficient (Wildman–Crippen LogP) is 1.32. The number of carbonyl (C=O) groups is 1. The van der Waals surface area contributed by atoms with Crippen molar-refractivity contribution >= 4 is 17.5 Å². The first kappa shape index (κ1) is 11.8. The minimum Gasteiger partial charge on any atom is -0.480 e. The van der Waals surface area contributed by atoms with Gasteiger partial charge in [-0.15, -0.1) is 0 Å². The number of anilines is 2. The molecule has 0 atom stereocenters. The van der Waals surface area contributed by atoms with E-state index in [0.717, 1.165) is 0 Å². The van der Waals surface area contributed by atoms with Gasteiger partial charge in [-0.05, 0) is 12.1 Å². The van der Waals surface area contributed by atoms with E-state index in [9.17, 15) is 4.79 Å². The minimum atomic E-state index is -1.11. The molecule has 0 spiro atoms. The molecule has 2 N–H and O–H groups in total. The van der Waals surface area contributed by atoms with Gasteiger partial charge in [0, 0.05) is 12.3 Å². The second-order valence-corrected chi connectivity index (χ2v) is 3.28. The zero-order valence-electron chi connectivity index (χ0n) is 9.49. The van der Waals surface area contributed by atoms with Gasteiger partial charge in [0.1, 0.15) is 17.8 Å². The lowest BCUT2D eigenvalue weighted by Crippen LogP contribution is -2.03. The summed E-state index contributed by atoms with van der Waals surface area (Å²) < 4.78 is 5.06. The number of carboxylic acids is 1. The lowest BCUT2D eigenvalue weighted by Gasteiger charge is -2.08. The third-order valence-corrected chi connectivity index (χ3v) is 2.11. The molecule has 0 fully saturated rings. The Labute approximate surface area is 102 Å². The zero-order chi connectivity index (χ0) is 13.0. The van der Waals surface area contributed by atoms with Crippen LogP contribution >= 0.6 is 0 Å². The van der Waals surface area contributed by atoms with Crippen LogP contribution in [0.25, 0.3) is 0 Å². The van der Waals surface area contributed by atoms with E-state index in [2.05, 4.69) is 20.3 Å². The Kier molecular flexibility index (Phi) is 3.33. The third-order valence-electron chi connectivity index (χ3n) is 2.11. The number of hydrogen-bond donors (Lipinski definition) is 2. The van der Waals surface area contributed by atoms with Gasteiger partial charge in [0.25, 0.3) is 0 Å². The summed E-state index contributed by atoms with van der Waals surface area (Å²) in [5.74, 6) is -0.361. The molecule has 2 rings (SSSR count). The van der Waals surface area contributed by atoms with E-state index in [-0.39, 0.29) is 5.69 Å². The van der Waals surface area contributed by atoms with Crippen molar-refractivity contribution in [1.29, 1.82) is 0 Å². The molecule has 0 amide bonds. The number of nitrogens with one attached hydrogen (secondary N) is 1. The largest absolute Gasteiger partial charge is 0.480 e. The fourth-order valence-electron chi connectivity index (χ4n) is 1.33. The molecule has 2 aromatic heterocycles. The monoisotopic (exact) mass is 246 g/mol. The van der Waals surface area contributed by atoms with Crippen LogP contribution in [0.15, 0.2) is 30.7 Å². The van der Waals surface area contributed by atoms with Gasteiger partial charge in [0.2, 0.25) is 5.88 Å².